The van der Waals surface area contributed by atoms with Crippen molar-refractivity contribution in [2.45, 2.75) is 0 Å². The van der Waals surface area contributed by atoms with Gasteiger partial charge in [0.1, 0.15) is 11.6 Å². The van der Waals surface area contributed by atoms with Crippen LogP contribution < -0.4 is 5.73 Å². The van der Waals surface area contributed by atoms with E-state index in [1.54, 1.807) is 0 Å². The number of nitro groups is 1. The topological polar surface area (TPSA) is 118 Å². The van der Waals surface area contributed by atoms with E-state index in [1.807, 2.05) is 0 Å². The zero-order valence-electron chi connectivity index (χ0n) is 8.35. The van der Waals surface area contributed by atoms with E-state index >= 15 is 0 Å². The number of hydrogen-bond donors (Lipinski definition) is 3. The second kappa shape index (κ2) is 3.74. The molecule has 0 saturated heterocycles. The van der Waals surface area contributed by atoms with Gasteiger partial charge in [0.2, 0.25) is 5.75 Å². The Bertz CT molecular complexity index is 596. The molecule has 0 atom stereocenters. The minimum absolute atomic E-state index is 0.0806. The number of H-pyrrole nitrogens is 1. The van der Waals surface area contributed by atoms with Crippen LogP contribution in [0.5, 0.6) is 5.75 Å². The SMILES string of the molecule is Nc1[nH]ncc1-c1cc(F)cc([N+](=O)[O-])c1O. The molecular weight excluding hydrogens is 231 g/mol. The van der Waals surface area contributed by atoms with Crippen molar-refractivity contribution in [3.05, 3.63) is 34.3 Å². The maximum Gasteiger partial charge on any atom is 0.314 e. The summed E-state index contributed by atoms with van der Waals surface area (Å²) in [4.78, 5) is 9.73. The first-order chi connectivity index (χ1) is 8.00. The summed E-state index contributed by atoms with van der Waals surface area (Å²) < 4.78 is 13.2. The predicted octanol–water partition coefficient (Wildman–Crippen LogP) is 1.41. The standard InChI is InChI=1S/C9H7FN4O3/c10-4-1-5(6-3-12-13-9(6)11)8(15)7(2-4)14(16)17/h1-3,15H,(H3,11,12,13). The van der Waals surface area contributed by atoms with Crippen molar-refractivity contribution in [2.24, 2.45) is 0 Å². The number of halogens is 1. The quantitative estimate of drug-likeness (QED) is 0.540. The lowest BCUT2D eigenvalue weighted by Gasteiger charge is -2.04. The number of aromatic hydroxyl groups is 1. The van der Waals surface area contributed by atoms with Gasteiger partial charge in [-0.1, -0.05) is 0 Å². The number of phenolic OH excluding ortho intramolecular Hbond substituents is 1. The van der Waals surface area contributed by atoms with Crippen molar-refractivity contribution in [3.8, 4) is 16.9 Å². The molecule has 0 aliphatic carbocycles. The van der Waals surface area contributed by atoms with Crippen molar-refractivity contribution in [3.63, 3.8) is 0 Å². The number of hydrogen-bond acceptors (Lipinski definition) is 5. The van der Waals surface area contributed by atoms with Gasteiger partial charge in [0.25, 0.3) is 0 Å². The minimum atomic E-state index is -0.877. The summed E-state index contributed by atoms with van der Waals surface area (Å²) in [6.45, 7) is 0. The number of nitrogen functional groups attached to an aromatic ring is 1. The highest BCUT2D eigenvalue weighted by atomic mass is 19.1. The highest BCUT2D eigenvalue weighted by Gasteiger charge is 2.22. The van der Waals surface area contributed by atoms with Crippen LogP contribution >= 0.6 is 0 Å². The molecule has 1 aromatic heterocycles. The largest absolute Gasteiger partial charge is 0.502 e. The molecule has 1 aromatic carbocycles. The summed E-state index contributed by atoms with van der Waals surface area (Å²) in [5.41, 5.74) is 4.89. The lowest BCUT2D eigenvalue weighted by Crippen LogP contribution is -1.94. The van der Waals surface area contributed by atoms with Crippen LogP contribution in [0, 0.1) is 15.9 Å². The molecule has 0 spiro atoms. The lowest BCUT2D eigenvalue weighted by atomic mass is 10.1. The molecule has 0 unspecified atom stereocenters. The number of nitrogens with two attached hydrogens (primary N) is 1. The van der Waals surface area contributed by atoms with Crippen molar-refractivity contribution in [2.75, 3.05) is 5.73 Å². The van der Waals surface area contributed by atoms with Crippen molar-refractivity contribution in [1.29, 1.82) is 0 Å². The molecule has 2 aromatic rings. The number of rotatable bonds is 2. The number of phenols is 1. The first-order valence-electron chi connectivity index (χ1n) is 4.47. The number of nitro benzene ring substituents is 1. The molecule has 17 heavy (non-hydrogen) atoms. The van der Waals surface area contributed by atoms with Gasteiger partial charge in [-0.05, 0) is 6.07 Å². The minimum Gasteiger partial charge on any atom is -0.502 e. The van der Waals surface area contributed by atoms with E-state index in [9.17, 15) is 19.6 Å². The number of nitrogens with zero attached hydrogens (tertiary/aromatic N) is 2. The van der Waals surface area contributed by atoms with Crippen molar-refractivity contribution in [1.82, 2.24) is 10.2 Å². The Morgan fingerprint density at radius 1 is 1.47 bits per heavy atom. The van der Waals surface area contributed by atoms with Crippen LogP contribution in [-0.4, -0.2) is 20.2 Å². The van der Waals surface area contributed by atoms with Gasteiger partial charge >= 0.3 is 5.69 Å². The van der Waals surface area contributed by atoms with E-state index in [-0.39, 0.29) is 16.9 Å². The van der Waals surface area contributed by atoms with Crippen LogP contribution in [0.25, 0.3) is 11.1 Å². The fourth-order valence-electron chi connectivity index (χ4n) is 1.44. The molecule has 8 heteroatoms. The van der Waals surface area contributed by atoms with Crippen LogP contribution in [0.15, 0.2) is 18.3 Å². The molecule has 0 radical (unpaired) electrons. The Kier molecular flexibility index (Phi) is 2.39. The molecule has 0 bridgehead atoms. The van der Waals surface area contributed by atoms with Crippen LogP contribution in [0.2, 0.25) is 0 Å². The van der Waals surface area contributed by atoms with Crippen molar-refractivity contribution < 1.29 is 14.4 Å². The molecular formula is C9H7FN4O3. The average molecular weight is 238 g/mol. The number of aromatic nitrogens is 2. The Morgan fingerprint density at radius 3 is 2.71 bits per heavy atom. The van der Waals surface area contributed by atoms with E-state index in [2.05, 4.69) is 10.2 Å². The monoisotopic (exact) mass is 238 g/mol. The lowest BCUT2D eigenvalue weighted by molar-refractivity contribution is -0.386. The third-order valence-electron chi connectivity index (χ3n) is 2.21. The fourth-order valence-corrected chi connectivity index (χ4v) is 1.44. The van der Waals surface area contributed by atoms with Gasteiger partial charge in [-0.3, -0.25) is 15.2 Å². The van der Waals surface area contributed by atoms with Crippen LogP contribution in [0.1, 0.15) is 0 Å². The van der Waals surface area contributed by atoms with Gasteiger partial charge in [-0.15, -0.1) is 0 Å². The zero-order valence-corrected chi connectivity index (χ0v) is 8.35. The molecule has 0 saturated carbocycles. The van der Waals surface area contributed by atoms with E-state index in [0.717, 1.165) is 6.07 Å². The van der Waals surface area contributed by atoms with E-state index in [0.29, 0.717) is 6.07 Å². The molecule has 0 amide bonds. The first-order valence-corrected chi connectivity index (χ1v) is 4.47. The Morgan fingerprint density at radius 2 is 2.18 bits per heavy atom. The summed E-state index contributed by atoms with van der Waals surface area (Å²) in [5.74, 6) is -1.41. The summed E-state index contributed by atoms with van der Waals surface area (Å²) in [6, 6.07) is 1.58. The molecule has 0 aliphatic rings. The Hall–Kier alpha value is -2.64. The number of benzene rings is 1. The molecule has 0 aliphatic heterocycles. The number of nitrogens with one attached hydrogen (secondary N) is 1. The van der Waals surface area contributed by atoms with Gasteiger partial charge < -0.3 is 10.8 Å². The smallest absolute Gasteiger partial charge is 0.314 e. The third kappa shape index (κ3) is 1.75. The average Bonchev–Trinajstić information content (AvgIpc) is 2.67. The van der Waals surface area contributed by atoms with Crippen LogP contribution in [0.4, 0.5) is 15.9 Å². The van der Waals surface area contributed by atoms with Crippen LogP contribution in [-0.2, 0) is 0 Å². The molecule has 7 nitrogen and oxygen atoms in total. The van der Waals surface area contributed by atoms with Gasteiger partial charge in [-0.25, -0.2) is 4.39 Å². The number of aromatic amines is 1. The van der Waals surface area contributed by atoms with E-state index in [4.69, 9.17) is 5.73 Å². The molecule has 1 heterocycles. The summed E-state index contributed by atoms with van der Waals surface area (Å²) >= 11 is 0. The summed E-state index contributed by atoms with van der Waals surface area (Å²) in [7, 11) is 0. The van der Waals surface area contributed by atoms with Gasteiger partial charge in [-0.2, -0.15) is 5.10 Å². The van der Waals surface area contributed by atoms with Crippen LogP contribution in [0.3, 0.4) is 0 Å². The maximum absolute atomic E-state index is 13.2. The normalized spacial score (nSPS) is 10.4. The fraction of sp³-hybridized carbons (Fsp3) is 0. The highest BCUT2D eigenvalue weighted by molar-refractivity contribution is 5.80. The third-order valence-corrected chi connectivity index (χ3v) is 2.21. The van der Waals surface area contributed by atoms with E-state index < -0.39 is 22.2 Å². The first kappa shape index (κ1) is 10.9. The van der Waals surface area contributed by atoms with Gasteiger partial charge in [0.15, 0.2) is 0 Å². The van der Waals surface area contributed by atoms with Crippen molar-refractivity contribution >= 4 is 11.5 Å². The number of anilines is 1. The Balaban J connectivity index is 2.71. The summed E-state index contributed by atoms with van der Waals surface area (Å²) in [6.07, 6.45) is 1.24. The molecule has 4 N–H and O–H groups in total. The zero-order chi connectivity index (χ0) is 12.6. The van der Waals surface area contributed by atoms with Gasteiger partial charge in [0, 0.05) is 11.1 Å². The predicted molar refractivity (Wildman–Crippen MR) is 56.7 cm³/mol. The second-order valence-corrected chi connectivity index (χ2v) is 3.28. The highest BCUT2D eigenvalue weighted by Crippen LogP contribution is 2.39. The molecule has 2 rings (SSSR count). The summed E-state index contributed by atoms with van der Waals surface area (Å²) in [5, 5.41) is 26.3. The van der Waals surface area contributed by atoms with Gasteiger partial charge in [0.05, 0.1) is 17.2 Å². The second-order valence-electron chi connectivity index (χ2n) is 3.28. The maximum atomic E-state index is 13.2. The van der Waals surface area contributed by atoms with E-state index in [1.165, 1.54) is 6.20 Å². The molecule has 0 fully saturated rings. The molecule has 88 valence electrons. The Labute approximate surface area is 93.8 Å².